The van der Waals surface area contributed by atoms with Gasteiger partial charge in [-0.15, -0.1) is 0 Å². The maximum atomic E-state index is 10.7. The third-order valence-corrected chi connectivity index (χ3v) is 2.03. The van der Waals surface area contributed by atoms with E-state index < -0.39 is 11.5 Å². The highest BCUT2D eigenvalue weighted by Gasteiger charge is 2.27. The van der Waals surface area contributed by atoms with E-state index in [-0.39, 0.29) is 11.5 Å². The highest BCUT2D eigenvalue weighted by atomic mass is 16.5. The fraction of sp³-hybridized carbons (Fsp3) is 0.556. The van der Waals surface area contributed by atoms with Crippen LogP contribution in [0.2, 0.25) is 0 Å². The summed E-state index contributed by atoms with van der Waals surface area (Å²) in [6.07, 6.45) is 1.35. The molecule has 3 N–H and O–H groups in total. The van der Waals surface area contributed by atoms with Crippen LogP contribution in [0.25, 0.3) is 0 Å². The Morgan fingerprint density at radius 1 is 1.79 bits per heavy atom. The van der Waals surface area contributed by atoms with Crippen molar-refractivity contribution in [2.24, 2.45) is 5.73 Å². The molecule has 1 heterocycles. The molecule has 0 fully saturated rings. The lowest BCUT2D eigenvalue weighted by Crippen LogP contribution is -2.19. The number of rotatable bonds is 4. The van der Waals surface area contributed by atoms with Crippen LogP contribution in [0, 0.1) is 0 Å². The van der Waals surface area contributed by atoms with Crippen molar-refractivity contribution in [3.8, 4) is 0 Å². The highest BCUT2D eigenvalue weighted by molar-refractivity contribution is 5.90. The van der Waals surface area contributed by atoms with E-state index in [1.165, 1.54) is 6.07 Å². The zero-order valence-corrected chi connectivity index (χ0v) is 8.28. The fourth-order valence-corrected chi connectivity index (χ4v) is 1.26. The first-order chi connectivity index (χ1) is 6.47. The number of carbonyl (C=O) groups excluding carboxylic acids is 1. The van der Waals surface area contributed by atoms with Crippen LogP contribution in [0.5, 0.6) is 0 Å². The van der Waals surface area contributed by atoms with Crippen LogP contribution >= 0.6 is 0 Å². The molecule has 0 aromatic carbocycles. The van der Waals surface area contributed by atoms with Crippen LogP contribution < -0.4 is 5.73 Å². The summed E-state index contributed by atoms with van der Waals surface area (Å²) in [6, 6.07) is 1.37. The van der Waals surface area contributed by atoms with Gasteiger partial charge in [0.15, 0.2) is 11.5 Å². The number of hydrogen-bond donors (Lipinski definition) is 2. The zero-order chi connectivity index (χ0) is 10.8. The lowest BCUT2D eigenvalue weighted by atomic mass is 9.97. The molecule has 0 saturated carbocycles. The molecule has 1 atom stereocenters. The SMILES string of the molecule is CCCC(C)(O)c1cc(C(N)=O)no1. The third kappa shape index (κ3) is 2.11. The number of aromatic nitrogens is 1. The molecule has 5 nitrogen and oxygen atoms in total. The normalized spacial score (nSPS) is 15.1. The first-order valence-electron chi connectivity index (χ1n) is 4.46. The van der Waals surface area contributed by atoms with Gasteiger partial charge in [-0.05, 0) is 13.3 Å². The highest BCUT2D eigenvalue weighted by Crippen LogP contribution is 2.26. The van der Waals surface area contributed by atoms with Gasteiger partial charge in [0, 0.05) is 6.07 Å². The van der Waals surface area contributed by atoms with Crippen molar-refractivity contribution in [2.45, 2.75) is 32.3 Å². The molecule has 1 aromatic heterocycles. The Hall–Kier alpha value is -1.36. The van der Waals surface area contributed by atoms with E-state index in [9.17, 15) is 9.90 Å². The van der Waals surface area contributed by atoms with Crippen molar-refractivity contribution >= 4 is 5.91 Å². The molecular formula is C9H14N2O3. The van der Waals surface area contributed by atoms with Crippen molar-refractivity contribution in [1.29, 1.82) is 0 Å². The maximum absolute atomic E-state index is 10.7. The lowest BCUT2D eigenvalue weighted by Gasteiger charge is -2.18. The standard InChI is InChI=1S/C9H14N2O3/c1-3-4-9(2,13)7-5-6(8(10)12)11-14-7/h5,13H,3-4H2,1-2H3,(H2,10,12). The topological polar surface area (TPSA) is 89.4 Å². The Balaban J connectivity index is 2.90. The molecule has 78 valence electrons. The van der Waals surface area contributed by atoms with Crippen LogP contribution in [0.3, 0.4) is 0 Å². The Bertz CT molecular complexity index is 331. The molecular weight excluding hydrogens is 184 g/mol. The van der Waals surface area contributed by atoms with E-state index in [2.05, 4.69) is 5.16 Å². The van der Waals surface area contributed by atoms with Crippen LogP contribution in [0.15, 0.2) is 10.6 Å². The zero-order valence-electron chi connectivity index (χ0n) is 8.28. The number of nitrogens with zero attached hydrogens (tertiary/aromatic N) is 1. The lowest BCUT2D eigenvalue weighted by molar-refractivity contribution is 0.0189. The van der Waals surface area contributed by atoms with Gasteiger partial charge in [0.25, 0.3) is 5.91 Å². The van der Waals surface area contributed by atoms with Gasteiger partial charge >= 0.3 is 0 Å². The second-order valence-electron chi connectivity index (χ2n) is 3.46. The van der Waals surface area contributed by atoms with Crippen molar-refractivity contribution < 1.29 is 14.4 Å². The summed E-state index contributed by atoms with van der Waals surface area (Å²) in [7, 11) is 0. The quantitative estimate of drug-likeness (QED) is 0.748. The summed E-state index contributed by atoms with van der Waals surface area (Å²) in [6.45, 7) is 3.56. The minimum atomic E-state index is -1.09. The second-order valence-corrected chi connectivity index (χ2v) is 3.46. The van der Waals surface area contributed by atoms with Gasteiger partial charge in [-0.3, -0.25) is 4.79 Å². The maximum Gasteiger partial charge on any atom is 0.270 e. The second kappa shape index (κ2) is 3.79. The fourth-order valence-electron chi connectivity index (χ4n) is 1.26. The van der Waals surface area contributed by atoms with Gasteiger partial charge < -0.3 is 15.4 Å². The van der Waals surface area contributed by atoms with Crippen molar-refractivity contribution in [2.75, 3.05) is 0 Å². The van der Waals surface area contributed by atoms with Gasteiger partial charge in [-0.1, -0.05) is 18.5 Å². The first kappa shape index (κ1) is 10.7. The molecule has 1 unspecified atom stereocenters. The number of aliphatic hydroxyl groups is 1. The van der Waals surface area contributed by atoms with Crippen LogP contribution in [-0.4, -0.2) is 16.2 Å². The Labute approximate surface area is 81.9 Å². The summed E-state index contributed by atoms with van der Waals surface area (Å²) < 4.78 is 4.84. The number of nitrogens with two attached hydrogens (primary N) is 1. The Kier molecular flexibility index (Phi) is 2.90. The molecule has 0 aliphatic carbocycles. The molecule has 5 heteroatoms. The number of primary amides is 1. The number of amides is 1. The van der Waals surface area contributed by atoms with E-state index in [0.717, 1.165) is 6.42 Å². The molecule has 0 spiro atoms. The summed E-state index contributed by atoms with van der Waals surface area (Å²) >= 11 is 0. The van der Waals surface area contributed by atoms with Gasteiger partial charge in [0.05, 0.1) is 0 Å². The molecule has 1 amide bonds. The first-order valence-corrected chi connectivity index (χ1v) is 4.46. The average molecular weight is 198 g/mol. The minimum Gasteiger partial charge on any atom is -0.382 e. The summed E-state index contributed by atoms with van der Waals surface area (Å²) in [5.74, 6) is -0.388. The molecule has 1 rings (SSSR count). The summed E-state index contributed by atoms with van der Waals surface area (Å²) in [5, 5.41) is 13.3. The van der Waals surface area contributed by atoms with Gasteiger partial charge in [-0.25, -0.2) is 0 Å². The van der Waals surface area contributed by atoms with E-state index in [1.807, 2.05) is 6.92 Å². The van der Waals surface area contributed by atoms with Crippen molar-refractivity contribution in [3.63, 3.8) is 0 Å². The predicted octanol–water partition coefficient (Wildman–Crippen LogP) is 0.781. The predicted molar refractivity (Wildman–Crippen MR) is 49.5 cm³/mol. The van der Waals surface area contributed by atoms with Crippen LogP contribution in [0.1, 0.15) is 42.9 Å². The van der Waals surface area contributed by atoms with E-state index in [0.29, 0.717) is 6.42 Å². The van der Waals surface area contributed by atoms with Crippen LogP contribution in [0.4, 0.5) is 0 Å². The molecule has 0 saturated heterocycles. The van der Waals surface area contributed by atoms with E-state index in [4.69, 9.17) is 10.3 Å². The Morgan fingerprint density at radius 3 is 2.86 bits per heavy atom. The number of hydrogen-bond acceptors (Lipinski definition) is 4. The van der Waals surface area contributed by atoms with Gasteiger partial charge in [0.1, 0.15) is 5.60 Å². The Morgan fingerprint density at radius 2 is 2.43 bits per heavy atom. The minimum absolute atomic E-state index is 0.0383. The smallest absolute Gasteiger partial charge is 0.270 e. The van der Waals surface area contributed by atoms with Gasteiger partial charge in [-0.2, -0.15) is 0 Å². The van der Waals surface area contributed by atoms with Gasteiger partial charge in [0.2, 0.25) is 0 Å². The van der Waals surface area contributed by atoms with Crippen LogP contribution in [-0.2, 0) is 5.60 Å². The molecule has 0 aliphatic heterocycles. The van der Waals surface area contributed by atoms with Crippen molar-refractivity contribution in [1.82, 2.24) is 5.16 Å². The number of carbonyl (C=O) groups is 1. The monoisotopic (exact) mass is 198 g/mol. The molecule has 0 radical (unpaired) electrons. The average Bonchev–Trinajstić information content (AvgIpc) is 2.51. The van der Waals surface area contributed by atoms with E-state index >= 15 is 0 Å². The third-order valence-electron chi connectivity index (χ3n) is 2.03. The summed E-state index contributed by atoms with van der Waals surface area (Å²) in [4.78, 5) is 10.7. The van der Waals surface area contributed by atoms with E-state index in [1.54, 1.807) is 6.92 Å². The molecule has 0 aliphatic rings. The summed E-state index contributed by atoms with van der Waals surface area (Å²) in [5.41, 5.74) is 3.95. The molecule has 0 bridgehead atoms. The van der Waals surface area contributed by atoms with Crippen molar-refractivity contribution in [3.05, 3.63) is 17.5 Å². The molecule has 1 aromatic rings. The largest absolute Gasteiger partial charge is 0.382 e. The molecule has 14 heavy (non-hydrogen) atoms.